The molecule has 2 rings (SSSR count). The Morgan fingerprint density at radius 1 is 1.12 bits per heavy atom. The summed E-state index contributed by atoms with van der Waals surface area (Å²) >= 11 is 0. The quantitative estimate of drug-likeness (QED) is 0.872. The predicted octanol–water partition coefficient (Wildman–Crippen LogP) is 1.92. The lowest BCUT2D eigenvalue weighted by molar-refractivity contribution is 0.318. The maximum absolute atomic E-state index is 5.49. The fourth-order valence-corrected chi connectivity index (χ4v) is 2.40. The number of fused-ring (bicyclic) bond motifs is 1. The van der Waals surface area contributed by atoms with Gasteiger partial charge in [0.1, 0.15) is 0 Å². The molecule has 0 aliphatic carbocycles. The van der Waals surface area contributed by atoms with Crippen molar-refractivity contribution in [1.29, 1.82) is 0 Å². The van der Waals surface area contributed by atoms with Crippen molar-refractivity contribution in [3.8, 4) is 17.2 Å². The molecule has 0 aromatic heterocycles. The Kier molecular flexibility index (Phi) is 3.43. The van der Waals surface area contributed by atoms with Crippen molar-refractivity contribution in [2.75, 3.05) is 27.9 Å². The lowest BCUT2D eigenvalue weighted by Gasteiger charge is -2.27. The van der Waals surface area contributed by atoms with Crippen LogP contribution in [0.3, 0.4) is 0 Å². The molecule has 0 saturated carbocycles. The summed E-state index contributed by atoms with van der Waals surface area (Å²) in [7, 11) is 4.95. The Bertz CT molecular complexity index is 418. The second-order valence-electron chi connectivity index (χ2n) is 4.14. The van der Waals surface area contributed by atoms with Gasteiger partial charge in [-0.1, -0.05) is 0 Å². The molecule has 1 aliphatic heterocycles. The van der Waals surface area contributed by atoms with E-state index in [0.29, 0.717) is 11.8 Å². The van der Waals surface area contributed by atoms with Gasteiger partial charge in [0.05, 0.1) is 21.3 Å². The highest BCUT2D eigenvalue weighted by molar-refractivity contribution is 5.60. The van der Waals surface area contributed by atoms with Crippen LogP contribution in [0.1, 0.15) is 24.1 Å². The lowest BCUT2D eigenvalue weighted by Crippen LogP contribution is -2.28. The summed E-state index contributed by atoms with van der Waals surface area (Å²) in [5.41, 5.74) is 2.45. The van der Waals surface area contributed by atoms with Crippen molar-refractivity contribution in [2.45, 2.75) is 19.4 Å². The Morgan fingerprint density at radius 2 is 1.82 bits per heavy atom. The van der Waals surface area contributed by atoms with Crippen LogP contribution in [0.25, 0.3) is 0 Å². The summed E-state index contributed by atoms with van der Waals surface area (Å²) in [5.74, 6) is 2.21. The van der Waals surface area contributed by atoms with Crippen LogP contribution in [0.5, 0.6) is 17.2 Å². The molecule has 1 N–H and O–H groups in total. The van der Waals surface area contributed by atoms with Gasteiger partial charge in [0.2, 0.25) is 5.75 Å². The minimum absolute atomic E-state index is 0.312. The summed E-state index contributed by atoms with van der Waals surface area (Å²) in [6.07, 6.45) is 0.948. The van der Waals surface area contributed by atoms with Crippen molar-refractivity contribution >= 4 is 0 Å². The minimum Gasteiger partial charge on any atom is -0.493 e. The van der Waals surface area contributed by atoms with Crippen LogP contribution in [-0.4, -0.2) is 27.9 Å². The van der Waals surface area contributed by atoms with E-state index >= 15 is 0 Å². The van der Waals surface area contributed by atoms with Gasteiger partial charge in [-0.05, 0) is 31.5 Å². The van der Waals surface area contributed by atoms with Crippen molar-refractivity contribution in [1.82, 2.24) is 5.32 Å². The maximum Gasteiger partial charge on any atom is 0.203 e. The highest BCUT2D eigenvalue weighted by atomic mass is 16.5. The summed E-state index contributed by atoms with van der Waals surface area (Å²) in [4.78, 5) is 0. The molecule has 1 aromatic carbocycles. The molecule has 0 fully saturated rings. The van der Waals surface area contributed by atoms with Crippen LogP contribution in [0, 0.1) is 0 Å². The first-order valence-corrected chi connectivity index (χ1v) is 5.78. The zero-order valence-electron chi connectivity index (χ0n) is 10.8. The predicted molar refractivity (Wildman–Crippen MR) is 66.2 cm³/mol. The summed E-state index contributed by atoms with van der Waals surface area (Å²) in [6, 6.07) is 2.35. The first-order chi connectivity index (χ1) is 8.22. The van der Waals surface area contributed by atoms with E-state index in [0.717, 1.165) is 24.5 Å². The Balaban J connectivity index is 2.64. The van der Waals surface area contributed by atoms with E-state index in [1.54, 1.807) is 21.3 Å². The summed E-state index contributed by atoms with van der Waals surface area (Å²) in [6.45, 7) is 3.10. The third-order valence-electron chi connectivity index (χ3n) is 3.26. The van der Waals surface area contributed by atoms with Crippen LogP contribution in [0.2, 0.25) is 0 Å². The van der Waals surface area contributed by atoms with Gasteiger partial charge in [0.25, 0.3) is 0 Å². The average molecular weight is 237 g/mol. The molecule has 4 nitrogen and oxygen atoms in total. The van der Waals surface area contributed by atoms with Gasteiger partial charge in [0.15, 0.2) is 11.5 Å². The first-order valence-electron chi connectivity index (χ1n) is 5.78. The maximum atomic E-state index is 5.49. The average Bonchev–Trinajstić information content (AvgIpc) is 2.36. The largest absolute Gasteiger partial charge is 0.493 e. The third-order valence-corrected chi connectivity index (χ3v) is 3.26. The smallest absolute Gasteiger partial charge is 0.203 e. The second-order valence-corrected chi connectivity index (χ2v) is 4.14. The van der Waals surface area contributed by atoms with Crippen LogP contribution in [0.15, 0.2) is 6.07 Å². The number of rotatable bonds is 3. The van der Waals surface area contributed by atoms with Gasteiger partial charge >= 0.3 is 0 Å². The molecule has 0 bridgehead atoms. The van der Waals surface area contributed by atoms with Gasteiger partial charge < -0.3 is 19.5 Å². The zero-order chi connectivity index (χ0) is 12.4. The van der Waals surface area contributed by atoms with Crippen LogP contribution < -0.4 is 19.5 Å². The van der Waals surface area contributed by atoms with E-state index in [-0.39, 0.29) is 0 Å². The molecule has 1 aromatic rings. The highest BCUT2D eigenvalue weighted by Gasteiger charge is 2.25. The number of hydrogen-bond acceptors (Lipinski definition) is 4. The molecule has 0 saturated heterocycles. The van der Waals surface area contributed by atoms with Gasteiger partial charge in [-0.25, -0.2) is 0 Å². The SMILES string of the molecule is COc1cc2c(c(OC)c1OC)CCNC2C. The molecule has 0 radical (unpaired) electrons. The molecule has 1 unspecified atom stereocenters. The number of ether oxygens (including phenoxy) is 3. The molecular formula is C13H19NO3. The molecule has 94 valence electrons. The second kappa shape index (κ2) is 4.84. The Hall–Kier alpha value is -1.42. The van der Waals surface area contributed by atoms with E-state index in [9.17, 15) is 0 Å². The fraction of sp³-hybridized carbons (Fsp3) is 0.538. The standard InChI is InChI=1S/C13H19NO3/c1-8-10-7-11(15-2)13(17-4)12(16-3)9(10)5-6-14-8/h7-8,14H,5-6H2,1-4H3. The van der Waals surface area contributed by atoms with E-state index in [1.165, 1.54) is 11.1 Å². The third kappa shape index (κ3) is 1.93. The van der Waals surface area contributed by atoms with E-state index < -0.39 is 0 Å². The molecule has 4 heteroatoms. The Labute approximate surface area is 102 Å². The first kappa shape index (κ1) is 12.0. The van der Waals surface area contributed by atoms with Gasteiger partial charge in [-0.3, -0.25) is 0 Å². The number of hydrogen-bond donors (Lipinski definition) is 1. The summed E-state index contributed by atoms with van der Waals surface area (Å²) in [5, 5.41) is 3.43. The number of methoxy groups -OCH3 is 3. The van der Waals surface area contributed by atoms with Crippen LogP contribution in [0.4, 0.5) is 0 Å². The van der Waals surface area contributed by atoms with Crippen molar-refractivity contribution in [3.63, 3.8) is 0 Å². The zero-order valence-corrected chi connectivity index (χ0v) is 10.8. The molecule has 1 heterocycles. The van der Waals surface area contributed by atoms with E-state index in [4.69, 9.17) is 14.2 Å². The number of benzene rings is 1. The molecule has 17 heavy (non-hydrogen) atoms. The fourth-order valence-electron chi connectivity index (χ4n) is 2.40. The minimum atomic E-state index is 0.312. The monoisotopic (exact) mass is 237 g/mol. The van der Waals surface area contributed by atoms with Gasteiger partial charge in [0, 0.05) is 11.6 Å². The van der Waals surface area contributed by atoms with Crippen molar-refractivity contribution in [3.05, 3.63) is 17.2 Å². The van der Waals surface area contributed by atoms with Crippen LogP contribution in [-0.2, 0) is 6.42 Å². The van der Waals surface area contributed by atoms with Crippen molar-refractivity contribution < 1.29 is 14.2 Å². The van der Waals surface area contributed by atoms with Gasteiger partial charge in [-0.15, -0.1) is 0 Å². The molecule has 1 aliphatic rings. The molecular weight excluding hydrogens is 218 g/mol. The lowest BCUT2D eigenvalue weighted by atomic mass is 9.93. The highest BCUT2D eigenvalue weighted by Crippen LogP contribution is 2.44. The number of nitrogens with one attached hydrogen (secondary N) is 1. The molecule has 0 amide bonds. The van der Waals surface area contributed by atoms with Gasteiger partial charge in [-0.2, -0.15) is 0 Å². The van der Waals surface area contributed by atoms with Crippen LogP contribution >= 0.6 is 0 Å². The van der Waals surface area contributed by atoms with E-state index in [2.05, 4.69) is 12.2 Å². The normalized spacial score (nSPS) is 18.5. The topological polar surface area (TPSA) is 39.7 Å². The summed E-state index contributed by atoms with van der Waals surface area (Å²) < 4.78 is 16.2. The molecule has 1 atom stereocenters. The Morgan fingerprint density at radius 3 is 2.41 bits per heavy atom. The van der Waals surface area contributed by atoms with Crippen molar-refractivity contribution in [2.24, 2.45) is 0 Å². The molecule has 0 spiro atoms. The van der Waals surface area contributed by atoms with E-state index in [1.807, 2.05) is 6.07 Å².